The number of methoxy groups -OCH3 is 1. The molecule has 35 heavy (non-hydrogen) atoms. The summed E-state index contributed by atoms with van der Waals surface area (Å²) < 4.78 is 33.2. The lowest BCUT2D eigenvalue weighted by Crippen LogP contribution is -2.34. The Morgan fingerprint density at radius 1 is 1.00 bits per heavy atom. The molecule has 0 bridgehead atoms. The molecule has 7 nitrogen and oxygen atoms in total. The summed E-state index contributed by atoms with van der Waals surface area (Å²) in [6, 6.07) is 20.0. The Balaban J connectivity index is 1.70. The number of benzene rings is 3. The quantitative estimate of drug-likeness (QED) is 0.362. The molecule has 0 spiro atoms. The molecule has 1 saturated heterocycles. The van der Waals surface area contributed by atoms with Crippen molar-refractivity contribution in [2.24, 2.45) is 0 Å². The first-order valence-corrected chi connectivity index (χ1v) is 13.2. The molecule has 0 aromatic heterocycles. The second-order valence-electron chi connectivity index (χ2n) is 8.02. The van der Waals surface area contributed by atoms with Crippen LogP contribution in [-0.4, -0.2) is 42.1 Å². The Kier molecular flexibility index (Phi) is 8.17. The monoisotopic (exact) mass is 535 g/mol. The van der Waals surface area contributed by atoms with E-state index in [2.05, 4.69) is 0 Å². The van der Waals surface area contributed by atoms with Gasteiger partial charge in [0.2, 0.25) is 0 Å². The van der Waals surface area contributed by atoms with Crippen molar-refractivity contribution in [1.82, 2.24) is 4.67 Å². The van der Waals surface area contributed by atoms with Crippen molar-refractivity contribution >= 4 is 42.0 Å². The van der Waals surface area contributed by atoms with E-state index in [-0.39, 0.29) is 12.7 Å². The summed E-state index contributed by atoms with van der Waals surface area (Å²) in [4.78, 5) is 11.9. The Morgan fingerprint density at radius 2 is 1.54 bits per heavy atom. The normalized spacial score (nSPS) is 22.9. The Bertz CT molecular complexity index is 1200. The van der Waals surface area contributed by atoms with Gasteiger partial charge in [-0.15, -0.1) is 0 Å². The van der Waals surface area contributed by atoms with Gasteiger partial charge in [0.05, 0.1) is 18.0 Å². The SMILES string of the molecule is COC1COP(=O)(c2ccc(Oc3ccc(Cl)cc3)cc2)N(CC(=O)O)C(c2ccc(Cl)cc2)C1. The summed E-state index contributed by atoms with van der Waals surface area (Å²) in [7, 11) is -2.25. The van der Waals surface area contributed by atoms with Gasteiger partial charge in [0.15, 0.2) is 0 Å². The van der Waals surface area contributed by atoms with Gasteiger partial charge in [0.1, 0.15) is 18.0 Å². The summed E-state index contributed by atoms with van der Waals surface area (Å²) in [5.41, 5.74) is 0.770. The summed E-state index contributed by atoms with van der Waals surface area (Å²) in [6.45, 7) is -0.430. The van der Waals surface area contributed by atoms with Crippen molar-refractivity contribution in [3.05, 3.63) is 88.4 Å². The molecule has 1 fully saturated rings. The molecule has 4 rings (SSSR count). The predicted molar refractivity (Wildman–Crippen MR) is 135 cm³/mol. The minimum atomic E-state index is -3.80. The highest BCUT2D eigenvalue weighted by Gasteiger charge is 2.44. The smallest absolute Gasteiger partial charge is 0.318 e. The molecule has 3 aromatic rings. The number of carbonyl (C=O) groups is 1. The molecule has 1 aliphatic rings. The second kappa shape index (κ2) is 11.1. The number of hydrogen-bond acceptors (Lipinski definition) is 5. The van der Waals surface area contributed by atoms with Gasteiger partial charge < -0.3 is 19.1 Å². The van der Waals surface area contributed by atoms with Crippen molar-refractivity contribution < 1.29 is 28.5 Å². The van der Waals surface area contributed by atoms with Crippen LogP contribution in [0.1, 0.15) is 18.0 Å². The lowest BCUT2D eigenvalue weighted by Gasteiger charge is -2.34. The third-order valence-corrected chi connectivity index (χ3v) is 8.77. The Hall–Kier alpha value is -2.38. The van der Waals surface area contributed by atoms with Crippen LogP contribution in [0.5, 0.6) is 11.5 Å². The van der Waals surface area contributed by atoms with Crippen LogP contribution in [0.15, 0.2) is 72.8 Å². The van der Waals surface area contributed by atoms with Crippen LogP contribution in [0.2, 0.25) is 10.0 Å². The largest absolute Gasteiger partial charge is 0.480 e. The number of carboxylic acid groups (broad SMARTS) is 1. The lowest BCUT2D eigenvalue weighted by molar-refractivity contribution is -0.137. The third kappa shape index (κ3) is 6.07. The van der Waals surface area contributed by atoms with Gasteiger partial charge in [-0.1, -0.05) is 35.3 Å². The van der Waals surface area contributed by atoms with Crippen LogP contribution in [0, 0.1) is 0 Å². The maximum atomic E-state index is 14.4. The van der Waals surface area contributed by atoms with Crippen molar-refractivity contribution in [3.63, 3.8) is 0 Å². The maximum Gasteiger partial charge on any atom is 0.318 e. The van der Waals surface area contributed by atoms with E-state index in [1.54, 1.807) is 79.9 Å². The molecule has 3 atom stereocenters. The van der Waals surface area contributed by atoms with Gasteiger partial charge in [0.25, 0.3) is 0 Å². The van der Waals surface area contributed by atoms with Crippen molar-refractivity contribution in [3.8, 4) is 11.5 Å². The van der Waals surface area contributed by atoms with E-state index in [9.17, 15) is 14.5 Å². The lowest BCUT2D eigenvalue weighted by atomic mass is 10.0. The topological polar surface area (TPSA) is 85.3 Å². The predicted octanol–water partition coefficient (Wildman–Crippen LogP) is 6.17. The average molecular weight is 536 g/mol. The Labute approximate surface area is 213 Å². The third-order valence-electron chi connectivity index (χ3n) is 5.72. The highest BCUT2D eigenvalue weighted by atomic mass is 35.5. The van der Waals surface area contributed by atoms with Crippen molar-refractivity contribution in [1.29, 1.82) is 0 Å². The van der Waals surface area contributed by atoms with E-state index in [4.69, 9.17) is 37.2 Å². The molecular weight excluding hydrogens is 512 g/mol. The molecule has 0 amide bonds. The number of nitrogens with zero attached hydrogens (tertiary/aromatic N) is 1. The van der Waals surface area contributed by atoms with E-state index in [1.165, 1.54) is 4.67 Å². The first kappa shape index (κ1) is 25.7. The first-order chi connectivity index (χ1) is 16.8. The maximum absolute atomic E-state index is 14.4. The molecule has 184 valence electrons. The zero-order valence-corrected chi connectivity index (χ0v) is 21.2. The molecule has 0 aliphatic carbocycles. The molecule has 0 radical (unpaired) electrons. The number of aliphatic carboxylic acids is 1. The molecule has 10 heteroatoms. The minimum Gasteiger partial charge on any atom is -0.480 e. The first-order valence-electron chi connectivity index (χ1n) is 10.8. The van der Waals surface area contributed by atoms with E-state index < -0.39 is 26.1 Å². The highest BCUT2D eigenvalue weighted by Crippen LogP contribution is 2.57. The van der Waals surface area contributed by atoms with Gasteiger partial charge in [-0.2, -0.15) is 0 Å². The van der Waals surface area contributed by atoms with Crippen LogP contribution < -0.4 is 10.0 Å². The molecular formula is C25H24Cl2NO6P. The van der Waals surface area contributed by atoms with Gasteiger partial charge in [-0.25, -0.2) is 4.67 Å². The van der Waals surface area contributed by atoms with E-state index in [0.717, 1.165) is 5.56 Å². The number of halogens is 2. The number of ether oxygens (including phenoxy) is 2. The van der Waals surface area contributed by atoms with Crippen LogP contribution in [0.4, 0.5) is 0 Å². The van der Waals surface area contributed by atoms with E-state index in [1.807, 2.05) is 0 Å². The number of rotatable bonds is 7. The van der Waals surface area contributed by atoms with Crippen molar-refractivity contribution in [2.45, 2.75) is 18.6 Å². The zero-order valence-electron chi connectivity index (χ0n) is 18.8. The number of carboxylic acids is 1. The van der Waals surface area contributed by atoms with Gasteiger partial charge in [-0.3, -0.25) is 9.36 Å². The van der Waals surface area contributed by atoms with Gasteiger partial charge in [-0.05, 0) is 72.6 Å². The number of hydrogen-bond donors (Lipinski definition) is 1. The fourth-order valence-corrected chi connectivity index (χ4v) is 6.59. The fraction of sp³-hybridized carbons (Fsp3) is 0.240. The Morgan fingerprint density at radius 3 is 2.09 bits per heavy atom. The van der Waals surface area contributed by atoms with Crippen LogP contribution in [0.25, 0.3) is 0 Å². The molecule has 1 heterocycles. The van der Waals surface area contributed by atoms with Crippen LogP contribution >= 0.6 is 30.7 Å². The molecule has 1 aliphatic heterocycles. The molecule has 0 saturated carbocycles. The molecule has 3 unspecified atom stereocenters. The standard InChI is InChI=1S/C25H24Cl2NO6P/c1-32-22-14-24(17-2-4-18(26)5-3-17)28(15-25(29)30)35(31,33-16-22)23-12-10-21(11-13-23)34-20-8-6-19(27)7-9-20/h2-13,22,24H,14-16H2,1H3,(H,29,30). The van der Waals surface area contributed by atoms with Gasteiger partial charge >= 0.3 is 13.5 Å². The van der Waals surface area contributed by atoms with Crippen molar-refractivity contribution in [2.75, 3.05) is 20.3 Å². The van der Waals surface area contributed by atoms with Crippen LogP contribution in [0.3, 0.4) is 0 Å². The highest BCUT2D eigenvalue weighted by molar-refractivity contribution is 7.64. The molecule has 3 aromatic carbocycles. The van der Waals surface area contributed by atoms with Gasteiger partial charge in [0, 0.05) is 23.2 Å². The van der Waals surface area contributed by atoms with E-state index >= 15 is 0 Å². The zero-order chi connectivity index (χ0) is 25.0. The minimum absolute atomic E-state index is 0.0526. The summed E-state index contributed by atoms with van der Waals surface area (Å²) >= 11 is 12.0. The fourth-order valence-electron chi connectivity index (χ4n) is 3.94. The average Bonchev–Trinajstić information content (AvgIpc) is 2.99. The summed E-state index contributed by atoms with van der Waals surface area (Å²) in [5, 5.41) is 11.2. The van der Waals surface area contributed by atoms with Crippen LogP contribution in [-0.2, 0) is 18.6 Å². The molecule has 1 N–H and O–H groups in total. The summed E-state index contributed by atoms with van der Waals surface area (Å²) in [5.74, 6) is -0.00427. The summed E-state index contributed by atoms with van der Waals surface area (Å²) in [6.07, 6.45) is 0.0167. The second-order valence-corrected chi connectivity index (χ2v) is 11.2. The van der Waals surface area contributed by atoms with E-state index in [0.29, 0.717) is 33.3 Å².